The SMILES string of the molecule is FCSc1cccc(Cl)c1COc1ccn(S)n1. The summed E-state index contributed by atoms with van der Waals surface area (Å²) in [6.45, 7) is 0.243. The normalized spacial score (nSPS) is 10.6. The molecule has 0 spiro atoms. The summed E-state index contributed by atoms with van der Waals surface area (Å²) in [6.07, 6.45) is 1.66. The third-order valence-corrected chi connectivity index (χ3v) is 3.58. The number of nitrogens with zero attached hydrogens (tertiary/aromatic N) is 2. The number of thiol groups is 1. The molecule has 2 rings (SSSR count). The Balaban J connectivity index is 2.12. The number of thioether (sulfide) groups is 1. The van der Waals surface area contributed by atoms with Gasteiger partial charge in [-0.05, 0) is 24.9 Å². The Kier molecular flexibility index (Phi) is 4.79. The fourth-order valence-corrected chi connectivity index (χ4v) is 2.47. The van der Waals surface area contributed by atoms with Crippen LogP contribution in [0.2, 0.25) is 5.02 Å². The Morgan fingerprint density at radius 3 is 2.94 bits per heavy atom. The number of ether oxygens (including phenoxy) is 1. The van der Waals surface area contributed by atoms with E-state index in [1.807, 2.05) is 6.07 Å². The van der Waals surface area contributed by atoms with Crippen molar-refractivity contribution in [3.63, 3.8) is 0 Å². The molecule has 96 valence electrons. The molecule has 7 heteroatoms. The van der Waals surface area contributed by atoms with E-state index in [0.717, 1.165) is 22.2 Å². The lowest BCUT2D eigenvalue weighted by Gasteiger charge is -2.09. The van der Waals surface area contributed by atoms with E-state index in [1.54, 1.807) is 24.4 Å². The third-order valence-electron chi connectivity index (χ3n) is 2.20. The van der Waals surface area contributed by atoms with E-state index >= 15 is 0 Å². The lowest BCUT2D eigenvalue weighted by molar-refractivity contribution is 0.290. The molecule has 0 saturated carbocycles. The van der Waals surface area contributed by atoms with Crippen LogP contribution < -0.4 is 4.74 Å². The summed E-state index contributed by atoms with van der Waals surface area (Å²) in [6, 6.07) is 6.53. The first-order valence-electron chi connectivity index (χ1n) is 5.04. The maximum absolute atomic E-state index is 12.4. The van der Waals surface area contributed by atoms with Gasteiger partial charge in [-0.25, -0.2) is 8.48 Å². The molecule has 0 radical (unpaired) electrons. The van der Waals surface area contributed by atoms with E-state index in [-0.39, 0.29) is 6.61 Å². The van der Waals surface area contributed by atoms with Gasteiger partial charge in [0.15, 0.2) is 0 Å². The molecule has 0 aliphatic carbocycles. The van der Waals surface area contributed by atoms with E-state index in [4.69, 9.17) is 16.3 Å². The summed E-state index contributed by atoms with van der Waals surface area (Å²) in [5.74, 6) is 0.445. The molecule has 0 amide bonds. The number of halogens is 2. The van der Waals surface area contributed by atoms with Gasteiger partial charge in [0.2, 0.25) is 5.88 Å². The molecule has 0 aliphatic rings. The largest absolute Gasteiger partial charge is 0.472 e. The van der Waals surface area contributed by atoms with Crippen LogP contribution in [-0.2, 0) is 6.61 Å². The molecule has 1 aromatic carbocycles. The summed E-state index contributed by atoms with van der Waals surface area (Å²) < 4.78 is 19.2. The van der Waals surface area contributed by atoms with Crippen LogP contribution in [-0.4, -0.2) is 15.2 Å². The summed E-state index contributed by atoms with van der Waals surface area (Å²) in [5, 5.41) is 4.52. The second-order valence-corrected chi connectivity index (χ2v) is 5.10. The first-order valence-corrected chi connectivity index (χ1v) is 6.81. The van der Waals surface area contributed by atoms with Crippen molar-refractivity contribution in [3.05, 3.63) is 41.0 Å². The van der Waals surface area contributed by atoms with Crippen LogP contribution in [0.3, 0.4) is 0 Å². The van der Waals surface area contributed by atoms with Crippen molar-refractivity contribution in [1.82, 2.24) is 9.19 Å². The van der Waals surface area contributed by atoms with Gasteiger partial charge in [-0.3, -0.25) is 0 Å². The van der Waals surface area contributed by atoms with Gasteiger partial charge in [0.1, 0.15) is 12.6 Å². The monoisotopic (exact) mass is 304 g/mol. The number of aromatic nitrogens is 2. The van der Waals surface area contributed by atoms with E-state index in [1.165, 1.54) is 4.09 Å². The van der Waals surface area contributed by atoms with Crippen molar-refractivity contribution in [3.8, 4) is 5.88 Å². The maximum atomic E-state index is 12.4. The van der Waals surface area contributed by atoms with Gasteiger partial charge >= 0.3 is 0 Å². The zero-order valence-corrected chi connectivity index (χ0v) is 11.7. The Morgan fingerprint density at radius 1 is 1.44 bits per heavy atom. The van der Waals surface area contributed by atoms with Gasteiger partial charge in [-0.15, -0.1) is 5.10 Å². The van der Waals surface area contributed by atoms with E-state index < -0.39 is 6.01 Å². The Hall–Kier alpha value is -0.850. The average molecular weight is 305 g/mol. The highest BCUT2D eigenvalue weighted by molar-refractivity contribution is 7.99. The van der Waals surface area contributed by atoms with Crippen LogP contribution in [0.25, 0.3) is 0 Å². The molecular formula is C11H10ClFN2OS2. The predicted molar refractivity (Wildman–Crippen MR) is 74.2 cm³/mol. The number of benzene rings is 1. The second-order valence-electron chi connectivity index (χ2n) is 3.33. The highest BCUT2D eigenvalue weighted by Gasteiger charge is 2.09. The van der Waals surface area contributed by atoms with E-state index in [9.17, 15) is 4.39 Å². The third kappa shape index (κ3) is 3.34. The molecule has 0 N–H and O–H groups in total. The molecule has 0 unspecified atom stereocenters. The molecule has 18 heavy (non-hydrogen) atoms. The first kappa shape index (κ1) is 13.6. The molecule has 0 saturated heterocycles. The molecule has 1 aromatic heterocycles. The Labute approximate surface area is 119 Å². The van der Waals surface area contributed by atoms with Crippen molar-refractivity contribution in [2.75, 3.05) is 6.01 Å². The quantitative estimate of drug-likeness (QED) is 0.672. The maximum Gasteiger partial charge on any atom is 0.234 e. The van der Waals surface area contributed by atoms with Crippen LogP contribution in [0, 0.1) is 0 Å². The number of alkyl halides is 1. The number of hydrogen-bond acceptors (Lipinski definition) is 4. The summed E-state index contributed by atoms with van der Waals surface area (Å²) in [7, 11) is 0. The lowest BCUT2D eigenvalue weighted by Crippen LogP contribution is -1.99. The van der Waals surface area contributed by atoms with Crippen LogP contribution in [0.5, 0.6) is 5.88 Å². The minimum absolute atomic E-state index is 0.243. The topological polar surface area (TPSA) is 27.1 Å². The van der Waals surface area contributed by atoms with Gasteiger partial charge in [-0.1, -0.05) is 29.4 Å². The van der Waals surface area contributed by atoms with Crippen molar-refractivity contribution in [1.29, 1.82) is 0 Å². The molecule has 0 fully saturated rings. The predicted octanol–water partition coefficient (Wildman–Crippen LogP) is 3.83. The van der Waals surface area contributed by atoms with Gasteiger partial charge in [0.25, 0.3) is 0 Å². The van der Waals surface area contributed by atoms with E-state index in [0.29, 0.717) is 10.9 Å². The molecular weight excluding hydrogens is 295 g/mol. The molecule has 0 atom stereocenters. The summed E-state index contributed by atoms with van der Waals surface area (Å²) in [5.41, 5.74) is 0.760. The fourth-order valence-electron chi connectivity index (χ4n) is 1.39. The van der Waals surface area contributed by atoms with Crippen LogP contribution in [0.4, 0.5) is 4.39 Å². The lowest BCUT2D eigenvalue weighted by atomic mass is 10.2. The van der Waals surface area contributed by atoms with Crippen LogP contribution >= 0.6 is 36.2 Å². The molecule has 0 aliphatic heterocycles. The Bertz CT molecular complexity index is 536. The van der Waals surface area contributed by atoms with Crippen molar-refractivity contribution in [2.24, 2.45) is 0 Å². The molecule has 0 bridgehead atoms. The van der Waals surface area contributed by atoms with Gasteiger partial charge in [0.05, 0.1) is 0 Å². The molecule has 3 nitrogen and oxygen atoms in total. The molecule has 1 heterocycles. The standard InChI is InChI=1S/C11H10ClFN2OS2/c12-9-2-1-3-10(18-7-13)8(9)6-16-11-4-5-15(17)14-11/h1-5,17H,6-7H2. The number of rotatable bonds is 5. The zero-order valence-electron chi connectivity index (χ0n) is 9.22. The zero-order chi connectivity index (χ0) is 13.0. The Morgan fingerprint density at radius 2 is 2.28 bits per heavy atom. The van der Waals surface area contributed by atoms with Crippen molar-refractivity contribution < 1.29 is 9.13 Å². The highest BCUT2D eigenvalue weighted by atomic mass is 35.5. The first-order chi connectivity index (χ1) is 8.70. The average Bonchev–Trinajstić information content (AvgIpc) is 2.75. The van der Waals surface area contributed by atoms with E-state index in [2.05, 4.69) is 17.9 Å². The minimum Gasteiger partial charge on any atom is -0.472 e. The van der Waals surface area contributed by atoms with Gasteiger partial charge in [0, 0.05) is 27.7 Å². The highest BCUT2D eigenvalue weighted by Crippen LogP contribution is 2.29. The van der Waals surface area contributed by atoms with Gasteiger partial charge in [-0.2, -0.15) is 0 Å². The summed E-state index contributed by atoms with van der Waals surface area (Å²) in [4.78, 5) is 0.773. The fraction of sp³-hybridized carbons (Fsp3) is 0.182. The second kappa shape index (κ2) is 6.36. The number of hydrogen-bond donors (Lipinski definition) is 1. The van der Waals surface area contributed by atoms with Crippen LogP contribution in [0.1, 0.15) is 5.56 Å². The van der Waals surface area contributed by atoms with Crippen LogP contribution in [0.15, 0.2) is 35.4 Å². The smallest absolute Gasteiger partial charge is 0.234 e. The van der Waals surface area contributed by atoms with Crippen molar-refractivity contribution in [2.45, 2.75) is 11.5 Å². The van der Waals surface area contributed by atoms with Crippen molar-refractivity contribution >= 4 is 36.2 Å². The summed E-state index contributed by atoms with van der Waals surface area (Å²) >= 11 is 11.2. The van der Waals surface area contributed by atoms with Gasteiger partial charge < -0.3 is 4.74 Å². The molecule has 2 aromatic rings. The minimum atomic E-state index is -0.501.